The van der Waals surface area contributed by atoms with Crippen molar-refractivity contribution in [3.05, 3.63) is 24.5 Å². The minimum Gasteiger partial charge on any atom is -0.372 e. The number of primary amides is 1. The van der Waals surface area contributed by atoms with Gasteiger partial charge in [-0.1, -0.05) is 6.07 Å². The molecule has 1 amide bonds. The first kappa shape index (κ1) is 24.4. The molecular weight excluding hydrogens is 454 g/mol. The molecule has 2 aromatic heterocycles. The summed E-state index contributed by atoms with van der Waals surface area (Å²) in [4.78, 5) is 26.0. The van der Waals surface area contributed by atoms with E-state index in [2.05, 4.69) is 63.0 Å². The summed E-state index contributed by atoms with van der Waals surface area (Å²) in [7, 11) is -1.41. The number of amides is 1. The van der Waals surface area contributed by atoms with Crippen molar-refractivity contribution in [2.24, 2.45) is 5.73 Å². The summed E-state index contributed by atoms with van der Waals surface area (Å²) in [6.07, 6.45) is 3.58. The molecule has 1 saturated heterocycles. The lowest BCUT2D eigenvalue weighted by atomic mass is 9.90. The van der Waals surface area contributed by atoms with E-state index < -0.39 is 10.0 Å². The second kappa shape index (κ2) is 8.47. The Bertz CT molecular complexity index is 1330. The summed E-state index contributed by atoms with van der Waals surface area (Å²) < 4.78 is 28.5. The van der Waals surface area contributed by atoms with Crippen molar-refractivity contribution < 1.29 is 13.2 Å². The molecule has 1 aliphatic heterocycles. The van der Waals surface area contributed by atoms with Crippen LogP contribution in [0.5, 0.6) is 0 Å². The first-order chi connectivity index (χ1) is 15.9. The molecule has 1 aromatic carbocycles. The van der Waals surface area contributed by atoms with Gasteiger partial charge in [0.2, 0.25) is 16.4 Å². The van der Waals surface area contributed by atoms with Gasteiger partial charge in [-0.3, -0.25) is 9.69 Å². The summed E-state index contributed by atoms with van der Waals surface area (Å²) in [5.74, 6) is 0.893. The van der Waals surface area contributed by atoms with Gasteiger partial charge in [-0.15, -0.1) is 0 Å². The lowest BCUT2D eigenvalue weighted by Crippen LogP contribution is -2.63. The summed E-state index contributed by atoms with van der Waals surface area (Å²) in [6, 6.07) is 5.50. The number of fused-ring (bicyclic) bond motifs is 3. The van der Waals surface area contributed by atoms with E-state index in [1.165, 1.54) is 0 Å². The van der Waals surface area contributed by atoms with Gasteiger partial charge in [-0.2, -0.15) is 0 Å². The van der Waals surface area contributed by atoms with E-state index >= 15 is 0 Å². The van der Waals surface area contributed by atoms with Crippen molar-refractivity contribution in [2.45, 2.75) is 62.6 Å². The lowest BCUT2D eigenvalue weighted by molar-refractivity contribution is -0.106. The molecule has 2 fully saturated rings. The molecule has 11 heteroatoms. The molecule has 34 heavy (non-hydrogen) atoms. The van der Waals surface area contributed by atoms with E-state index in [4.69, 9.17) is 4.79 Å². The van der Waals surface area contributed by atoms with E-state index in [1.54, 1.807) is 18.5 Å². The Hall–Kier alpha value is -2.76. The third-order valence-corrected chi connectivity index (χ3v) is 9.09. The Morgan fingerprint density at radius 3 is 2.53 bits per heavy atom. The van der Waals surface area contributed by atoms with Crippen LogP contribution < -0.4 is 15.4 Å². The normalized spacial score (nSPS) is 21.8. The van der Waals surface area contributed by atoms with Crippen molar-refractivity contribution >= 4 is 44.2 Å². The zero-order chi connectivity index (χ0) is 24.9. The number of nitrogens with one attached hydrogen (secondary N) is 2. The summed E-state index contributed by atoms with van der Waals surface area (Å²) in [5, 5.41) is 1.88. The third-order valence-electron chi connectivity index (χ3n) is 7.45. The van der Waals surface area contributed by atoms with Crippen LogP contribution in [0.25, 0.3) is 21.9 Å². The van der Waals surface area contributed by atoms with Crippen LogP contribution in [0.3, 0.4) is 0 Å². The number of rotatable bonds is 4. The van der Waals surface area contributed by atoms with E-state index in [-0.39, 0.29) is 28.4 Å². The molecule has 1 saturated carbocycles. The fourth-order valence-electron chi connectivity index (χ4n) is 4.48. The number of nitrogens with two attached hydrogens (primary N) is 1. The number of aromatic amines is 1. The second-order valence-electron chi connectivity index (χ2n) is 10.0. The molecule has 4 N–H and O–H groups in total. The number of hydrogen-bond acceptors (Lipinski definition) is 7. The molecule has 10 nitrogen and oxygen atoms in total. The Morgan fingerprint density at radius 2 is 1.88 bits per heavy atom. The van der Waals surface area contributed by atoms with Gasteiger partial charge in [0, 0.05) is 41.1 Å². The van der Waals surface area contributed by atoms with Crippen molar-refractivity contribution in [1.82, 2.24) is 24.6 Å². The van der Waals surface area contributed by atoms with Gasteiger partial charge < -0.3 is 15.6 Å². The predicted molar refractivity (Wildman–Crippen MR) is 133 cm³/mol. The van der Waals surface area contributed by atoms with Crippen LogP contribution in [0.4, 0.5) is 5.82 Å². The summed E-state index contributed by atoms with van der Waals surface area (Å²) >= 11 is 0. The average molecular weight is 488 g/mol. The molecule has 184 valence electrons. The number of aromatic nitrogens is 3. The third kappa shape index (κ3) is 4.23. The van der Waals surface area contributed by atoms with E-state index in [9.17, 15) is 8.42 Å². The quantitative estimate of drug-likeness (QED) is 0.478. The highest BCUT2D eigenvalue weighted by Crippen LogP contribution is 2.38. The number of nitrogens with zero attached hydrogens (tertiary/aromatic N) is 4. The highest BCUT2D eigenvalue weighted by molar-refractivity contribution is 7.89. The molecule has 2 aliphatic rings. The van der Waals surface area contributed by atoms with E-state index in [0.29, 0.717) is 0 Å². The molecule has 5 rings (SSSR count). The van der Waals surface area contributed by atoms with Gasteiger partial charge in [0.1, 0.15) is 17.8 Å². The number of sulfonamides is 1. The van der Waals surface area contributed by atoms with Crippen LogP contribution in [0.1, 0.15) is 40.5 Å². The Morgan fingerprint density at radius 1 is 1.21 bits per heavy atom. The zero-order valence-electron chi connectivity index (χ0n) is 20.3. The van der Waals surface area contributed by atoms with Crippen molar-refractivity contribution in [2.75, 3.05) is 25.0 Å². The van der Waals surface area contributed by atoms with Gasteiger partial charge in [-0.05, 0) is 59.7 Å². The topological polar surface area (TPSA) is 137 Å². The Balaban J connectivity index is 0.000000868. The van der Waals surface area contributed by atoms with Gasteiger partial charge >= 0.3 is 0 Å². The lowest BCUT2D eigenvalue weighted by Gasteiger charge is -2.51. The minimum atomic E-state index is -3.57. The van der Waals surface area contributed by atoms with Crippen LogP contribution in [0.2, 0.25) is 0 Å². The number of carbonyl (C=O) groups is 1. The van der Waals surface area contributed by atoms with Crippen LogP contribution in [0.15, 0.2) is 29.4 Å². The molecule has 0 bridgehead atoms. The molecule has 3 aromatic rings. The van der Waals surface area contributed by atoms with Crippen LogP contribution >= 0.6 is 0 Å². The molecule has 0 spiro atoms. The number of piperazine rings is 1. The van der Waals surface area contributed by atoms with Gasteiger partial charge in [0.15, 0.2) is 0 Å². The predicted octanol–water partition coefficient (Wildman–Crippen LogP) is 1.96. The number of H-pyrrole nitrogens is 1. The maximum absolute atomic E-state index is 12.8. The van der Waals surface area contributed by atoms with Gasteiger partial charge in [-0.25, -0.2) is 23.1 Å². The number of benzene rings is 1. The Labute approximate surface area is 200 Å². The van der Waals surface area contributed by atoms with Crippen molar-refractivity contribution in [3.8, 4) is 0 Å². The fourth-order valence-corrected chi connectivity index (χ4v) is 5.97. The standard InChI is InChI=1S/C22H30N6O2S.CH3NO/c1-14-21(2,3)27(5)10-11-28(14)20-18-16-7-6-15(31(29,30)26-22(4)8-9-22)12-17(16)25-19(18)23-13-24-20;2-1-3/h6-7,12-14,26H,8-11H2,1-5H3,(H,23,24,25);1H,(H2,2,3). The maximum atomic E-state index is 12.8. The minimum absolute atomic E-state index is 0.00648. The molecule has 3 heterocycles. The molecule has 1 unspecified atom stereocenters. The SMILES string of the molecule is CC1N(c2ncnc3[nH]c4cc(S(=O)(=O)NC5(C)CC5)ccc4c23)CCN(C)C1(C)C.NC=O. The molecular formula is C23H33N7O3S. The van der Waals surface area contributed by atoms with Gasteiger partial charge in [0.25, 0.3) is 0 Å². The second-order valence-corrected chi connectivity index (χ2v) is 11.7. The fraction of sp³-hybridized carbons (Fsp3) is 0.522. The smallest absolute Gasteiger partial charge is 0.241 e. The van der Waals surface area contributed by atoms with Crippen LogP contribution in [-0.4, -0.2) is 71.9 Å². The monoisotopic (exact) mass is 487 g/mol. The first-order valence-electron chi connectivity index (χ1n) is 11.4. The zero-order valence-corrected chi connectivity index (χ0v) is 21.1. The van der Waals surface area contributed by atoms with Crippen LogP contribution in [0, 0.1) is 0 Å². The van der Waals surface area contributed by atoms with Crippen LogP contribution in [-0.2, 0) is 14.8 Å². The highest BCUT2D eigenvalue weighted by atomic mass is 32.2. The largest absolute Gasteiger partial charge is 0.372 e. The number of likely N-dealkylation sites (N-methyl/N-ethyl adjacent to an activating group) is 1. The highest BCUT2D eigenvalue weighted by Gasteiger charge is 2.42. The van der Waals surface area contributed by atoms with Crippen molar-refractivity contribution in [1.29, 1.82) is 0 Å². The van der Waals surface area contributed by atoms with Crippen molar-refractivity contribution in [3.63, 3.8) is 0 Å². The maximum Gasteiger partial charge on any atom is 0.241 e. The number of carbonyl (C=O) groups excluding carboxylic acids is 1. The number of anilines is 1. The summed E-state index contributed by atoms with van der Waals surface area (Å²) in [5.41, 5.74) is 5.33. The molecule has 0 radical (unpaired) electrons. The molecule has 1 atom stereocenters. The average Bonchev–Trinajstić information content (AvgIpc) is 3.36. The van der Waals surface area contributed by atoms with Gasteiger partial charge in [0.05, 0.1) is 10.3 Å². The first-order valence-corrected chi connectivity index (χ1v) is 12.9. The van der Waals surface area contributed by atoms with E-state index in [0.717, 1.165) is 53.7 Å². The van der Waals surface area contributed by atoms with E-state index in [1.807, 2.05) is 13.0 Å². The summed E-state index contributed by atoms with van der Waals surface area (Å²) in [6.45, 7) is 10.5. The molecule has 1 aliphatic carbocycles. The Kier molecular flexibility index (Phi) is 6.07. The number of hydrogen-bond donors (Lipinski definition) is 3.